The molecule has 29 heavy (non-hydrogen) atoms. The van der Waals surface area contributed by atoms with Crippen molar-refractivity contribution in [3.63, 3.8) is 0 Å². The maximum absolute atomic E-state index is 12.5. The molecule has 1 aliphatic rings. The second-order valence-electron chi connectivity index (χ2n) is 6.92. The zero-order valence-electron chi connectivity index (χ0n) is 16.0. The summed E-state index contributed by atoms with van der Waals surface area (Å²) in [6, 6.07) is 13.0. The second-order valence-corrected chi connectivity index (χ2v) is 9.38. The van der Waals surface area contributed by atoms with Crippen molar-refractivity contribution in [2.24, 2.45) is 0 Å². The van der Waals surface area contributed by atoms with Crippen molar-refractivity contribution >= 4 is 38.9 Å². The van der Waals surface area contributed by atoms with Gasteiger partial charge in [-0.1, -0.05) is 17.7 Å². The zero-order chi connectivity index (χ0) is 21.0. The van der Waals surface area contributed by atoms with E-state index in [1.807, 2.05) is 4.90 Å². The van der Waals surface area contributed by atoms with E-state index < -0.39 is 9.84 Å². The molecule has 154 valence electrons. The first-order chi connectivity index (χ1) is 13.7. The summed E-state index contributed by atoms with van der Waals surface area (Å²) in [5.41, 5.74) is 1.03. The van der Waals surface area contributed by atoms with Gasteiger partial charge in [0.25, 0.3) is 5.91 Å². The molecule has 1 aliphatic heterocycles. The van der Waals surface area contributed by atoms with Crippen LogP contribution in [-0.2, 0) is 14.6 Å². The maximum atomic E-state index is 12.5. The lowest BCUT2D eigenvalue weighted by molar-refractivity contribution is -0.117. The molecule has 1 N–H and O–H groups in total. The van der Waals surface area contributed by atoms with Crippen LogP contribution in [0.2, 0.25) is 5.02 Å². The van der Waals surface area contributed by atoms with Gasteiger partial charge in [-0.3, -0.25) is 14.5 Å². The summed E-state index contributed by atoms with van der Waals surface area (Å²) in [5, 5.41) is 3.31. The average molecular weight is 436 g/mol. The number of benzene rings is 2. The summed E-state index contributed by atoms with van der Waals surface area (Å²) in [6.45, 7) is 2.38. The van der Waals surface area contributed by atoms with Crippen molar-refractivity contribution in [3.8, 4) is 0 Å². The SMILES string of the molecule is CS(=O)(=O)c1cccc(NC(=O)CN2CCN(C(=O)c3ccc(Cl)cc3)CC2)c1. The Hall–Kier alpha value is -2.42. The lowest BCUT2D eigenvalue weighted by Gasteiger charge is -2.34. The topological polar surface area (TPSA) is 86.8 Å². The Kier molecular flexibility index (Phi) is 6.56. The number of sulfone groups is 1. The summed E-state index contributed by atoms with van der Waals surface area (Å²) in [4.78, 5) is 28.7. The number of halogens is 1. The van der Waals surface area contributed by atoms with Crippen molar-refractivity contribution in [1.82, 2.24) is 9.80 Å². The highest BCUT2D eigenvalue weighted by molar-refractivity contribution is 7.90. The minimum atomic E-state index is -3.33. The van der Waals surface area contributed by atoms with Crippen molar-refractivity contribution in [2.75, 3.05) is 44.3 Å². The molecule has 0 aromatic heterocycles. The van der Waals surface area contributed by atoms with Gasteiger partial charge in [0.2, 0.25) is 5.91 Å². The number of carbonyl (C=O) groups is 2. The first kappa shape index (κ1) is 21.3. The lowest BCUT2D eigenvalue weighted by Crippen LogP contribution is -2.50. The second kappa shape index (κ2) is 8.94. The minimum Gasteiger partial charge on any atom is -0.336 e. The van der Waals surface area contributed by atoms with Gasteiger partial charge in [0.05, 0.1) is 11.4 Å². The summed E-state index contributed by atoms with van der Waals surface area (Å²) >= 11 is 5.86. The average Bonchev–Trinajstić information content (AvgIpc) is 2.68. The highest BCUT2D eigenvalue weighted by atomic mass is 35.5. The van der Waals surface area contributed by atoms with Gasteiger partial charge in [-0.2, -0.15) is 0 Å². The van der Waals surface area contributed by atoms with E-state index >= 15 is 0 Å². The number of anilines is 1. The Labute approximate surface area is 175 Å². The van der Waals surface area contributed by atoms with Gasteiger partial charge in [-0.25, -0.2) is 8.42 Å². The Morgan fingerprint density at radius 3 is 2.31 bits per heavy atom. The number of rotatable bonds is 5. The number of hydrogen-bond acceptors (Lipinski definition) is 5. The van der Waals surface area contributed by atoms with Crippen LogP contribution >= 0.6 is 11.6 Å². The first-order valence-corrected chi connectivity index (χ1v) is 11.4. The molecule has 0 radical (unpaired) electrons. The molecule has 2 amide bonds. The molecule has 0 bridgehead atoms. The normalized spacial score (nSPS) is 15.2. The van der Waals surface area contributed by atoms with Gasteiger partial charge in [0.1, 0.15) is 0 Å². The molecular weight excluding hydrogens is 414 g/mol. The van der Waals surface area contributed by atoms with Gasteiger partial charge in [-0.05, 0) is 42.5 Å². The third kappa shape index (κ3) is 5.79. The molecule has 2 aromatic carbocycles. The van der Waals surface area contributed by atoms with Crippen LogP contribution < -0.4 is 5.32 Å². The Bertz CT molecular complexity index is 1000. The zero-order valence-corrected chi connectivity index (χ0v) is 17.5. The highest BCUT2D eigenvalue weighted by Gasteiger charge is 2.23. The molecule has 2 aromatic rings. The predicted octanol–water partition coefficient (Wildman–Crippen LogP) is 2.14. The Morgan fingerprint density at radius 1 is 1.03 bits per heavy atom. The fraction of sp³-hybridized carbons (Fsp3) is 0.300. The first-order valence-electron chi connectivity index (χ1n) is 9.09. The van der Waals surface area contributed by atoms with E-state index in [2.05, 4.69) is 5.32 Å². The quantitative estimate of drug-likeness (QED) is 0.777. The van der Waals surface area contributed by atoms with Crippen LogP contribution in [0.4, 0.5) is 5.69 Å². The van der Waals surface area contributed by atoms with Gasteiger partial charge in [-0.15, -0.1) is 0 Å². The highest BCUT2D eigenvalue weighted by Crippen LogP contribution is 2.16. The predicted molar refractivity (Wildman–Crippen MR) is 112 cm³/mol. The molecule has 1 saturated heterocycles. The standard InChI is InChI=1S/C20H22ClN3O4S/c1-29(27,28)18-4-2-3-17(13-18)22-19(25)14-23-9-11-24(12-10-23)20(26)15-5-7-16(21)8-6-15/h2-8,13H,9-12,14H2,1H3,(H,22,25). The van der Waals surface area contributed by atoms with E-state index in [1.54, 1.807) is 41.3 Å². The van der Waals surface area contributed by atoms with Crippen LogP contribution in [0.15, 0.2) is 53.4 Å². The molecule has 0 aliphatic carbocycles. The van der Waals surface area contributed by atoms with Crippen LogP contribution in [-0.4, -0.2) is 69.0 Å². The molecule has 1 heterocycles. The monoisotopic (exact) mass is 435 g/mol. The number of hydrogen-bond donors (Lipinski definition) is 1. The fourth-order valence-electron chi connectivity index (χ4n) is 3.09. The van der Waals surface area contributed by atoms with Crippen molar-refractivity contribution in [3.05, 3.63) is 59.1 Å². The van der Waals surface area contributed by atoms with Gasteiger partial charge in [0, 0.05) is 48.7 Å². The van der Waals surface area contributed by atoms with E-state index in [4.69, 9.17) is 11.6 Å². The molecular formula is C20H22ClN3O4S. The fourth-order valence-corrected chi connectivity index (χ4v) is 3.89. The summed E-state index contributed by atoms with van der Waals surface area (Å²) in [7, 11) is -3.33. The third-order valence-electron chi connectivity index (χ3n) is 4.66. The molecule has 0 spiro atoms. The summed E-state index contributed by atoms with van der Waals surface area (Å²) in [6.07, 6.45) is 1.12. The van der Waals surface area contributed by atoms with Gasteiger partial charge >= 0.3 is 0 Å². The smallest absolute Gasteiger partial charge is 0.253 e. The van der Waals surface area contributed by atoms with Gasteiger partial charge in [0.15, 0.2) is 9.84 Å². The Balaban J connectivity index is 1.51. The Morgan fingerprint density at radius 2 is 1.69 bits per heavy atom. The third-order valence-corrected chi connectivity index (χ3v) is 6.03. The number of carbonyl (C=O) groups excluding carboxylic acids is 2. The van der Waals surface area contributed by atoms with Crippen molar-refractivity contribution in [2.45, 2.75) is 4.90 Å². The van der Waals surface area contributed by atoms with Crippen LogP contribution in [0.3, 0.4) is 0 Å². The molecule has 7 nitrogen and oxygen atoms in total. The minimum absolute atomic E-state index is 0.0524. The van der Waals surface area contributed by atoms with Crippen LogP contribution in [0.1, 0.15) is 10.4 Å². The van der Waals surface area contributed by atoms with Crippen LogP contribution in [0, 0.1) is 0 Å². The molecule has 3 rings (SSSR count). The summed E-state index contributed by atoms with van der Waals surface area (Å²) < 4.78 is 23.3. The van der Waals surface area contributed by atoms with Crippen molar-refractivity contribution < 1.29 is 18.0 Å². The molecule has 0 saturated carbocycles. The molecule has 0 atom stereocenters. The molecule has 9 heteroatoms. The lowest BCUT2D eigenvalue weighted by atomic mass is 10.2. The van der Waals surface area contributed by atoms with E-state index in [0.29, 0.717) is 42.5 Å². The molecule has 1 fully saturated rings. The number of nitrogens with one attached hydrogen (secondary N) is 1. The van der Waals surface area contributed by atoms with Crippen LogP contribution in [0.25, 0.3) is 0 Å². The van der Waals surface area contributed by atoms with Crippen LogP contribution in [0.5, 0.6) is 0 Å². The van der Waals surface area contributed by atoms with Gasteiger partial charge < -0.3 is 10.2 Å². The summed E-state index contributed by atoms with van der Waals surface area (Å²) in [5.74, 6) is -0.281. The van der Waals surface area contributed by atoms with E-state index in [-0.39, 0.29) is 23.3 Å². The van der Waals surface area contributed by atoms with E-state index in [1.165, 1.54) is 12.1 Å². The largest absolute Gasteiger partial charge is 0.336 e. The van der Waals surface area contributed by atoms with E-state index in [9.17, 15) is 18.0 Å². The number of piperazine rings is 1. The number of amides is 2. The maximum Gasteiger partial charge on any atom is 0.253 e. The number of nitrogens with zero attached hydrogens (tertiary/aromatic N) is 2. The molecule has 0 unspecified atom stereocenters. The van der Waals surface area contributed by atoms with E-state index in [0.717, 1.165) is 6.26 Å². The van der Waals surface area contributed by atoms with Crippen molar-refractivity contribution in [1.29, 1.82) is 0 Å².